The van der Waals surface area contributed by atoms with Crippen LogP contribution in [-0.4, -0.2) is 18.0 Å². The maximum atomic E-state index is 13.1. The van der Waals surface area contributed by atoms with Crippen LogP contribution in [0.4, 0.5) is 8.78 Å². The Morgan fingerprint density at radius 2 is 1.79 bits per heavy atom. The third-order valence-corrected chi connectivity index (χ3v) is 3.63. The van der Waals surface area contributed by atoms with E-state index in [-0.39, 0.29) is 12.2 Å². The maximum absolute atomic E-state index is 13.1. The summed E-state index contributed by atoms with van der Waals surface area (Å²) in [7, 11) is 0. The van der Waals surface area contributed by atoms with Crippen LogP contribution in [0.3, 0.4) is 0 Å². The van der Waals surface area contributed by atoms with Crippen molar-refractivity contribution in [1.82, 2.24) is 0 Å². The van der Waals surface area contributed by atoms with E-state index in [2.05, 4.69) is 0 Å². The lowest BCUT2D eigenvalue weighted by Gasteiger charge is -2.27. The molecule has 0 aromatic heterocycles. The summed E-state index contributed by atoms with van der Waals surface area (Å²) in [5.41, 5.74) is -0.370. The topological polar surface area (TPSA) is 26.3 Å². The van der Waals surface area contributed by atoms with E-state index in [0.29, 0.717) is 25.0 Å². The van der Waals surface area contributed by atoms with Gasteiger partial charge in [-0.3, -0.25) is 4.79 Å². The summed E-state index contributed by atoms with van der Waals surface area (Å²) in [5.74, 6) is -1.38. The van der Waals surface area contributed by atoms with Gasteiger partial charge in [-0.1, -0.05) is 0 Å². The molecule has 1 aliphatic carbocycles. The van der Waals surface area contributed by atoms with Crippen LogP contribution in [0.25, 0.3) is 0 Å². The number of ketones is 1. The molecular weight excluding hydrogens is 250 g/mol. The standard InChI is InChI=1S/C15H18F2O2/c1-2-19-15(5-3-4-6-15)14(18)9-11-7-12(16)10-13(17)8-11/h7-8,10H,2-6,9H2,1H3. The SMILES string of the molecule is CCOC1(C(=O)Cc2cc(F)cc(F)c2)CCCC1. The van der Waals surface area contributed by atoms with Crippen molar-refractivity contribution in [3.63, 3.8) is 0 Å². The van der Waals surface area contributed by atoms with Crippen LogP contribution >= 0.6 is 0 Å². The summed E-state index contributed by atoms with van der Waals surface area (Å²) in [5, 5.41) is 0. The van der Waals surface area contributed by atoms with Crippen LogP contribution in [0.1, 0.15) is 38.2 Å². The highest BCUT2D eigenvalue weighted by Gasteiger charge is 2.41. The summed E-state index contributed by atoms with van der Waals surface area (Å²) in [6.45, 7) is 2.33. The molecule has 0 amide bonds. The Kier molecular flexibility index (Phi) is 4.30. The van der Waals surface area contributed by atoms with Crippen LogP contribution < -0.4 is 0 Å². The quantitative estimate of drug-likeness (QED) is 0.818. The molecule has 0 N–H and O–H groups in total. The first kappa shape index (κ1) is 14.1. The minimum atomic E-state index is -0.739. The summed E-state index contributed by atoms with van der Waals surface area (Å²) < 4.78 is 31.9. The van der Waals surface area contributed by atoms with Crippen LogP contribution in [-0.2, 0) is 16.0 Å². The van der Waals surface area contributed by atoms with Gasteiger partial charge >= 0.3 is 0 Å². The zero-order valence-corrected chi connectivity index (χ0v) is 11.0. The number of ether oxygens (including phenoxy) is 1. The van der Waals surface area contributed by atoms with Crippen LogP contribution in [0.5, 0.6) is 0 Å². The van der Waals surface area contributed by atoms with Gasteiger partial charge < -0.3 is 4.74 Å². The predicted octanol–water partition coefficient (Wildman–Crippen LogP) is 3.43. The van der Waals surface area contributed by atoms with Crippen molar-refractivity contribution in [3.05, 3.63) is 35.4 Å². The second-order valence-corrected chi connectivity index (χ2v) is 5.01. The van der Waals surface area contributed by atoms with Crippen molar-refractivity contribution in [1.29, 1.82) is 0 Å². The number of carbonyl (C=O) groups is 1. The first-order chi connectivity index (χ1) is 9.05. The van der Waals surface area contributed by atoms with Crippen molar-refractivity contribution in [3.8, 4) is 0 Å². The molecule has 1 aliphatic rings. The first-order valence-electron chi connectivity index (χ1n) is 6.68. The lowest BCUT2D eigenvalue weighted by Crippen LogP contribution is -2.40. The maximum Gasteiger partial charge on any atom is 0.168 e. The van der Waals surface area contributed by atoms with Gasteiger partial charge in [0.05, 0.1) is 0 Å². The highest BCUT2D eigenvalue weighted by atomic mass is 19.1. The molecule has 0 unspecified atom stereocenters. The Bertz CT molecular complexity index is 445. The number of halogens is 2. The molecule has 0 aliphatic heterocycles. The fourth-order valence-electron chi connectivity index (χ4n) is 2.79. The van der Waals surface area contributed by atoms with Gasteiger partial charge in [-0.05, 0) is 50.3 Å². The average molecular weight is 268 g/mol. The van der Waals surface area contributed by atoms with Gasteiger partial charge in [-0.15, -0.1) is 0 Å². The second kappa shape index (κ2) is 5.78. The number of benzene rings is 1. The van der Waals surface area contributed by atoms with Crippen LogP contribution in [0.15, 0.2) is 18.2 Å². The zero-order valence-electron chi connectivity index (χ0n) is 11.0. The van der Waals surface area contributed by atoms with E-state index in [1.54, 1.807) is 0 Å². The van der Waals surface area contributed by atoms with Crippen molar-refractivity contribution >= 4 is 5.78 Å². The summed E-state index contributed by atoms with van der Waals surface area (Å²) >= 11 is 0. The van der Waals surface area contributed by atoms with E-state index in [9.17, 15) is 13.6 Å². The Balaban J connectivity index is 2.14. The monoisotopic (exact) mass is 268 g/mol. The minimum Gasteiger partial charge on any atom is -0.367 e. The lowest BCUT2D eigenvalue weighted by molar-refractivity contribution is -0.142. The van der Waals surface area contributed by atoms with E-state index >= 15 is 0 Å². The lowest BCUT2D eigenvalue weighted by atomic mass is 9.91. The van der Waals surface area contributed by atoms with Gasteiger partial charge in [0.15, 0.2) is 5.78 Å². The van der Waals surface area contributed by atoms with Crippen LogP contribution in [0, 0.1) is 11.6 Å². The molecule has 1 saturated carbocycles. The Hall–Kier alpha value is -1.29. The molecule has 2 rings (SSSR count). The molecular formula is C15H18F2O2. The normalized spacial score (nSPS) is 17.6. The van der Waals surface area contributed by atoms with Crippen molar-refractivity contribution in [2.75, 3.05) is 6.61 Å². The van der Waals surface area contributed by atoms with E-state index in [1.165, 1.54) is 12.1 Å². The molecule has 104 valence electrons. The molecule has 1 aromatic carbocycles. The highest BCUT2D eigenvalue weighted by Crippen LogP contribution is 2.35. The number of Topliss-reactive ketones (excluding diaryl/α,β-unsaturated/α-hetero) is 1. The third-order valence-electron chi connectivity index (χ3n) is 3.63. The van der Waals surface area contributed by atoms with Gasteiger partial charge in [-0.25, -0.2) is 8.78 Å². The van der Waals surface area contributed by atoms with Crippen molar-refractivity contribution in [2.45, 2.75) is 44.6 Å². The van der Waals surface area contributed by atoms with Gasteiger partial charge in [0.1, 0.15) is 17.2 Å². The second-order valence-electron chi connectivity index (χ2n) is 5.01. The van der Waals surface area contributed by atoms with E-state index in [0.717, 1.165) is 18.9 Å². The molecule has 0 radical (unpaired) electrons. The molecule has 2 nitrogen and oxygen atoms in total. The molecule has 19 heavy (non-hydrogen) atoms. The Labute approximate surface area is 111 Å². The van der Waals surface area contributed by atoms with Gasteiger partial charge in [-0.2, -0.15) is 0 Å². The number of hydrogen-bond donors (Lipinski definition) is 0. The average Bonchev–Trinajstić information content (AvgIpc) is 2.78. The summed E-state index contributed by atoms with van der Waals surface area (Å²) in [6, 6.07) is 3.22. The number of hydrogen-bond acceptors (Lipinski definition) is 2. The fraction of sp³-hybridized carbons (Fsp3) is 0.533. The Morgan fingerprint density at radius 3 is 2.32 bits per heavy atom. The minimum absolute atomic E-state index is 0.0225. The predicted molar refractivity (Wildman–Crippen MR) is 67.9 cm³/mol. The van der Waals surface area contributed by atoms with E-state index in [1.807, 2.05) is 6.92 Å². The van der Waals surface area contributed by atoms with E-state index in [4.69, 9.17) is 4.74 Å². The van der Waals surface area contributed by atoms with Gasteiger partial charge in [0, 0.05) is 19.1 Å². The van der Waals surface area contributed by atoms with Gasteiger partial charge in [0.2, 0.25) is 0 Å². The van der Waals surface area contributed by atoms with E-state index < -0.39 is 17.2 Å². The third kappa shape index (κ3) is 3.18. The molecule has 0 bridgehead atoms. The van der Waals surface area contributed by atoms with Crippen molar-refractivity contribution in [2.24, 2.45) is 0 Å². The number of rotatable bonds is 5. The molecule has 0 spiro atoms. The first-order valence-corrected chi connectivity index (χ1v) is 6.68. The largest absolute Gasteiger partial charge is 0.367 e. The molecule has 1 fully saturated rings. The molecule has 0 heterocycles. The summed E-state index contributed by atoms with van der Waals surface area (Å²) in [6.07, 6.45) is 3.36. The molecule has 0 saturated heterocycles. The Morgan fingerprint density at radius 1 is 1.21 bits per heavy atom. The van der Waals surface area contributed by atoms with Crippen molar-refractivity contribution < 1.29 is 18.3 Å². The summed E-state index contributed by atoms with van der Waals surface area (Å²) in [4.78, 5) is 12.4. The molecule has 1 aromatic rings. The molecule has 0 atom stereocenters. The fourth-order valence-corrected chi connectivity index (χ4v) is 2.79. The number of carbonyl (C=O) groups excluding carboxylic acids is 1. The smallest absolute Gasteiger partial charge is 0.168 e. The molecule has 4 heteroatoms. The highest BCUT2D eigenvalue weighted by molar-refractivity contribution is 5.89. The van der Waals surface area contributed by atoms with Gasteiger partial charge in [0.25, 0.3) is 0 Å². The zero-order chi connectivity index (χ0) is 13.9. The van der Waals surface area contributed by atoms with Crippen LogP contribution in [0.2, 0.25) is 0 Å².